The summed E-state index contributed by atoms with van der Waals surface area (Å²) in [5, 5.41) is 1.24. The molecule has 0 saturated heterocycles. The summed E-state index contributed by atoms with van der Waals surface area (Å²) in [6.45, 7) is 4.78. The molecule has 2 N–H and O–H groups in total. The van der Waals surface area contributed by atoms with Crippen LogP contribution in [-0.2, 0) is 13.0 Å². The number of nitrogens with zero attached hydrogens (tertiary/aromatic N) is 1. The molecular weight excluding hydrogens is 184 g/mol. The van der Waals surface area contributed by atoms with E-state index in [1.807, 2.05) is 0 Å². The minimum Gasteiger partial charge on any atom is -0.325 e. The van der Waals surface area contributed by atoms with E-state index in [1.165, 1.54) is 16.5 Å². The van der Waals surface area contributed by atoms with Crippen LogP contribution in [-0.4, -0.2) is 4.98 Å². The molecule has 0 fully saturated rings. The molecule has 1 aromatic carbocycles. The summed E-state index contributed by atoms with van der Waals surface area (Å²) in [4.78, 5) is 4.50. The normalized spacial score (nSPS) is 10.9. The molecule has 0 saturated carbocycles. The lowest BCUT2D eigenvalue weighted by Crippen LogP contribution is -2.00. The van der Waals surface area contributed by atoms with Crippen molar-refractivity contribution in [1.29, 1.82) is 0 Å². The Labute approximate surface area is 90.1 Å². The molecule has 2 heteroatoms. The van der Waals surface area contributed by atoms with Gasteiger partial charge in [-0.15, -0.1) is 0 Å². The zero-order valence-corrected chi connectivity index (χ0v) is 9.25. The third-order valence-electron chi connectivity index (χ3n) is 2.75. The molecular formula is C13H16N2. The second kappa shape index (κ2) is 3.99. The number of fused-ring (bicyclic) bond motifs is 1. The lowest BCUT2D eigenvalue weighted by molar-refractivity contribution is 1.00. The Hall–Kier alpha value is -1.41. The van der Waals surface area contributed by atoms with Gasteiger partial charge in [0.2, 0.25) is 0 Å². The molecule has 0 aliphatic heterocycles. The van der Waals surface area contributed by atoms with Crippen molar-refractivity contribution in [2.45, 2.75) is 26.8 Å². The minimum absolute atomic E-state index is 0.506. The smallest absolute Gasteiger partial charge is 0.0708 e. The van der Waals surface area contributed by atoms with Gasteiger partial charge in [0.25, 0.3) is 0 Å². The first-order valence-electron chi connectivity index (χ1n) is 5.34. The molecule has 78 valence electrons. The van der Waals surface area contributed by atoms with Crippen molar-refractivity contribution >= 4 is 10.9 Å². The largest absolute Gasteiger partial charge is 0.325 e. The Morgan fingerprint density at radius 1 is 1.27 bits per heavy atom. The zero-order chi connectivity index (χ0) is 10.8. The quantitative estimate of drug-likeness (QED) is 0.809. The molecule has 2 nitrogen and oxygen atoms in total. The van der Waals surface area contributed by atoms with E-state index in [4.69, 9.17) is 5.73 Å². The van der Waals surface area contributed by atoms with Gasteiger partial charge in [0.1, 0.15) is 0 Å². The lowest BCUT2D eigenvalue weighted by Gasteiger charge is -2.06. The van der Waals surface area contributed by atoms with Crippen LogP contribution in [0.15, 0.2) is 24.3 Å². The zero-order valence-electron chi connectivity index (χ0n) is 9.25. The minimum atomic E-state index is 0.506. The van der Waals surface area contributed by atoms with Crippen LogP contribution in [0.5, 0.6) is 0 Å². The number of hydrogen-bond acceptors (Lipinski definition) is 2. The molecule has 0 atom stereocenters. The summed E-state index contributed by atoms with van der Waals surface area (Å²) >= 11 is 0. The number of aromatic nitrogens is 1. The van der Waals surface area contributed by atoms with Gasteiger partial charge >= 0.3 is 0 Å². The standard InChI is InChI=1S/C13H16N2/c1-3-10-4-5-13-12(7-10)9(2)6-11(8-14)15-13/h4-7H,3,8,14H2,1-2H3. The predicted molar refractivity (Wildman–Crippen MR) is 63.7 cm³/mol. The maximum atomic E-state index is 5.60. The molecule has 15 heavy (non-hydrogen) atoms. The molecule has 0 bridgehead atoms. The van der Waals surface area contributed by atoms with Gasteiger partial charge in [-0.25, -0.2) is 0 Å². The summed E-state index contributed by atoms with van der Waals surface area (Å²) in [7, 11) is 0. The fourth-order valence-corrected chi connectivity index (χ4v) is 1.84. The first kappa shape index (κ1) is 10.1. The van der Waals surface area contributed by atoms with Crippen LogP contribution in [0.1, 0.15) is 23.7 Å². The van der Waals surface area contributed by atoms with Crippen molar-refractivity contribution in [3.8, 4) is 0 Å². The third-order valence-corrected chi connectivity index (χ3v) is 2.75. The third kappa shape index (κ3) is 1.85. The molecule has 0 radical (unpaired) electrons. The summed E-state index contributed by atoms with van der Waals surface area (Å²) < 4.78 is 0. The van der Waals surface area contributed by atoms with Crippen LogP contribution in [0.25, 0.3) is 10.9 Å². The van der Waals surface area contributed by atoms with Crippen LogP contribution in [0.2, 0.25) is 0 Å². The molecule has 0 spiro atoms. The van der Waals surface area contributed by atoms with Gasteiger partial charge in [0, 0.05) is 11.9 Å². The van der Waals surface area contributed by atoms with E-state index in [0.29, 0.717) is 6.54 Å². The Morgan fingerprint density at radius 2 is 2.07 bits per heavy atom. The molecule has 0 amide bonds. The number of aryl methyl sites for hydroxylation is 2. The van der Waals surface area contributed by atoms with Crippen molar-refractivity contribution in [2.24, 2.45) is 5.73 Å². The average molecular weight is 200 g/mol. The van der Waals surface area contributed by atoms with Crippen LogP contribution in [0.3, 0.4) is 0 Å². The van der Waals surface area contributed by atoms with E-state index in [0.717, 1.165) is 17.6 Å². The van der Waals surface area contributed by atoms with Gasteiger partial charge < -0.3 is 5.73 Å². The second-order valence-corrected chi connectivity index (χ2v) is 3.84. The van der Waals surface area contributed by atoms with Crippen molar-refractivity contribution in [1.82, 2.24) is 4.98 Å². The van der Waals surface area contributed by atoms with Crippen molar-refractivity contribution in [2.75, 3.05) is 0 Å². The average Bonchev–Trinajstić information content (AvgIpc) is 2.28. The van der Waals surface area contributed by atoms with E-state index in [-0.39, 0.29) is 0 Å². The number of nitrogens with two attached hydrogens (primary N) is 1. The molecule has 2 aromatic rings. The highest BCUT2D eigenvalue weighted by Gasteiger charge is 2.02. The van der Waals surface area contributed by atoms with Crippen LogP contribution in [0, 0.1) is 6.92 Å². The number of benzene rings is 1. The summed E-state index contributed by atoms with van der Waals surface area (Å²) in [6, 6.07) is 8.51. The van der Waals surface area contributed by atoms with Gasteiger partial charge in [-0.05, 0) is 42.7 Å². The Morgan fingerprint density at radius 3 is 2.73 bits per heavy atom. The second-order valence-electron chi connectivity index (χ2n) is 3.84. The first-order valence-corrected chi connectivity index (χ1v) is 5.34. The summed E-state index contributed by atoms with van der Waals surface area (Å²) in [5.41, 5.74) is 10.2. The van der Waals surface area contributed by atoms with Crippen LogP contribution in [0.4, 0.5) is 0 Å². The van der Waals surface area contributed by atoms with Gasteiger partial charge in [-0.1, -0.05) is 13.0 Å². The molecule has 0 aliphatic carbocycles. The highest BCUT2D eigenvalue weighted by Crippen LogP contribution is 2.19. The SMILES string of the molecule is CCc1ccc2nc(CN)cc(C)c2c1. The Bertz CT molecular complexity index is 489. The lowest BCUT2D eigenvalue weighted by atomic mass is 10.0. The van der Waals surface area contributed by atoms with Crippen molar-refractivity contribution < 1.29 is 0 Å². The highest BCUT2D eigenvalue weighted by molar-refractivity contribution is 5.82. The van der Waals surface area contributed by atoms with Crippen LogP contribution < -0.4 is 5.73 Å². The molecule has 1 aromatic heterocycles. The first-order chi connectivity index (χ1) is 7.24. The Balaban J connectivity index is 2.68. The van der Waals surface area contributed by atoms with Crippen LogP contribution >= 0.6 is 0 Å². The maximum Gasteiger partial charge on any atom is 0.0708 e. The van der Waals surface area contributed by atoms with E-state index in [9.17, 15) is 0 Å². The van der Waals surface area contributed by atoms with E-state index >= 15 is 0 Å². The molecule has 0 unspecified atom stereocenters. The van der Waals surface area contributed by atoms with E-state index in [2.05, 4.69) is 43.1 Å². The highest BCUT2D eigenvalue weighted by atomic mass is 14.7. The molecule has 2 rings (SSSR count). The fraction of sp³-hybridized carbons (Fsp3) is 0.308. The fourth-order valence-electron chi connectivity index (χ4n) is 1.84. The summed E-state index contributed by atoms with van der Waals surface area (Å²) in [6.07, 6.45) is 1.06. The maximum absolute atomic E-state index is 5.60. The Kier molecular flexibility index (Phi) is 2.69. The number of rotatable bonds is 2. The topological polar surface area (TPSA) is 38.9 Å². The van der Waals surface area contributed by atoms with Gasteiger partial charge in [0.15, 0.2) is 0 Å². The molecule has 1 heterocycles. The van der Waals surface area contributed by atoms with E-state index in [1.54, 1.807) is 0 Å². The number of hydrogen-bond donors (Lipinski definition) is 1. The predicted octanol–water partition coefficient (Wildman–Crippen LogP) is 2.56. The molecule has 0 aliphatic rings. The van der Waals surface area contributed by atoms with Gasteiger partial charge in [-0.3, -0.25) is 4.98 Å². The van der Waals surface area contributed by atoms with Crippen molar-refractivity contribution in [3.63, 3.8) is 0 Å². The monoisotopic (exact) mass is 200 g/mol. The van der Waals surface area contributed by atoms with E-state index < -0.39 is 0 Å². The summed E-state index contributed by atoms with van der Waals surface area (Å²) in [5.74, 6) is 0. The van der Waals surface area contributed by atoms with Gasteiger partial charge in [-0.2, -0.15) is 0 Å². The number of pyridine rings is 1. The van der Waals surface area contributed by atoms with Gasteiger partial charge in [0.05, 0.1) is 11.2 Å². The van der Waals surface area contributed by atoms with Crippen molar-refractivity contribution in [3.05, 3.63) is 41.1 Å².